The van der Waals surface area contributed by atoms with E-state index in [1.54, 1.807) is 4.90 Å². The Hall–Kier alpha value is -2.34. The zero-order chi connectivity index (χ0) is 17.4. The largest absolute Gasteiger partial charge is 0.481 e. The summed E-state index contributed by atoms with van der Waals surface area (Å²) in [6, 6.07) is 4.00. The number of fused-ring (bicyclic) bond motifs is 1. The number of carbonyl (C=O) groups excluding carboxylic acids is 1. The molecule has 0 aliphatic carbocycles. The molecule has 1 aromatic heterocycles. The predicted octanol–water partition coefficient (Wildman–Crippen LogP) is 2.67. The smallest absolute Gasteiger partial charge is 0.306 e. The number of nitrogens with zero attached hydrogens (tertiary/aromatic N) is 1. The first-order valence-corrected chi connectivity index (χ1v) is 8.00. The first-order chi connectivity index (χ1) is 11.4. The highest BCUT2D eigenvalue weighted by Crippen LogP contribution is 2.31. The zero-order valence-corrected chi connectivity index (χ0v) is 14.1. The Morgan fingerprint density at radius 3 is 2.62 bits per heavy atom. The van der Waals surface area contributed by atoms with Crippen LogP contribution >= 0.6 is 0 Å². The minimum absolute atomic E-state index is 0.110. The van der Waals surface area contributed by atoms with Crippen molar-refractivity contribution in [2.75, 3.05) is 19.7 Å². The molecule has 1 fully saturated rings. The van der Waals surface area contributed by atoms with Crippen molar-refractivity contribution in [3.05, 3.63) is 34.6 Å². The fourth-order valence-electron chi connectivity index (χ4n) is 3.24. The molecule has 6 nitrogen and oxygen atoms in total. The molecule has 1 amide bonds. The van der Waals surface area contributed by atoms with Gasteiger partial charge in [0, 0.05) is 24.0 Å². The molecule has 128 valence electrons. The maximum Gasteiger partial charge on any atom is 0.306 e. The van der Waals surface area contributed by atoms with Crippen molar-refractivity contribution in [3.63, 3.8) is 0 Å². The zero-order valence-electron chi connectivity index (χ0n) is 14.1. The molecule has 2 aromatic rings. The first-order valence-electron chi connectivity index (χ1n) is 8.00. The van der Waals surface area contributed by atoms with Crippen molar-refractivity contribution >= 4 is 22.8 Å². The number of ether oxygens (including phenoxy) is 1. The van der Waals surface area contributed by atoms with Crippen LogP contribution in [0.15, 0.2) is 16.5 Å². The maximum atomic E-state index is 12.9. The van der Waals surface area contributed by atoms with E-state index >= 15 is 0 Å². The summed E-state index contributed by atoms with van der Waals surface area (Å²) in [6.45, 7) is 6.87. The Balaban J connectivity index is 1.91. The number of aryl methyl sites for hydroxylation is 3. The SMILES string of the molecule is Cc1ccc(C)c2c(C)c(C(=O)N3CCOC(CC(=O)O)C3)oc12. The van der Waals surface area contributed by atoms with E-state index in [4.69, 9.17) is 14.3 Å². The Morgan fingerprint density at radius 2 is 1.96 bits per heavy atom. The molecule has 2 heterocycles. The van der Waals surface area contributed by atoms with E-state index in [2.05, 4.69) is 0 Å². The van der Waals surface area contributed by atoms with Gasteiger partial charge in [-0.05, 0) is 31.9 Å². The summed E-state index contributed by atoms with van der Waals surface area (Å²) in [5.74, 6) is -0.806. The summed E-state index contributed by atoms with van der Waals surface area (Å²) < 4.78 is 11.3. The summed E-state index contributed by atoms with van der Waals surface area (Å²) in [5.41, 5.74) is 3.63. The number of hydrogen-bond acceptors (Lipinski definition) is 4. The molecule has 6 heteroatoms. The standard InChI is InChI=1S/C18H21NO5/c1-10-4-5-11(2)16-15(10)12(3)17(24-16)18(22)19-6-7-23-13(9-19)8-14(20)21/h4-5,13H,6-9H2,1-3H3,(H,20,21). The molecule has 0 spiro atoms. The van der Waals surface area contributed by atoms with E-state index < -0.39 is 12.1 Å². The molecule has 24 heavy (non-hydrogen) atoms. The summed E-state index contributed by atoms with van der Waals surface area (Å²) in [7, 11) is 0. The number of rotatable bonds is 3. The van der Waals surface area contributed by atoms with Gasteiger partial charge in [0.2, 0.25) is 0 Å². The van der Waals surface area contributed by atoms with Gasteiger partial charge in [-0.25, -0.2) is 0 Å². The second kappa shape index (κ2) is 6.28. The van der Waals surface area contributed by atoms with Gasteiger partial charge in [0.15, 0.2) is 5.76 Å². The highest BCUT2D eigenvalue weighted by molar-refractivity contribution is 6.00. The Bertz CT molecular complexity index is 807. The minimum atomic E-state index is -0.930. The molecule has 1 aromatic carbocycles. The third kappa shape index (κ3) is 2.89. The van der Waals surface area contributed by atoms with Crippen molar-refractivity contribution in [3.8, 4) is 0 Å². The van der Waals surface area contributed by atoms with Crippen molar-refractivity contribution in [1.82, 2.24) is 4.90 Å². The summed E-state index contributed by atoms with van der Waals surface area (Å²) in [5, 5.41) is 9.89. The van der Waals surface area contributed by atoms with Crippen LogP contribution in [0.3, 0.4) is 0 Å². The summed E-state index contributed by atoms with van der Waals surface area (Å²) in [4.78, 5) is 25.3. The van der Waals surface area contributed by atoms with Gasteiger partial charge in [0.1, 0.15) is 5.58 Å². The van der Waals surface area contributed by atoms with Crippen LogP contribution in [0.5, 0.6) is 0 Å². The van der Waals surface area contributed by atoms with E-state index in [9.17, 15) is 9.59 Å². The van der Waals surface area contributed by atoms with Crippen LogP contribution in [0.25, 0.3) is 11.0 Å². The lowest BCUT2D eigenvalue weighted by Crippen LogP contribution is -2.46. The van der Waals surface area contributed by atoms with Gasteiger partial charge in [-0.2, -0.15) is 0 Å². The number of amides is 1. The van der Waals surface area contributed by atoms with Gasteiger partial charge < -0.3 is 19.2 Å². The second-order valence-corrected chi connectivity index (χ2v) is 6.30. The van der Waals surface area contributed by atoms with Gasteiger partial charge in [-0.15, -0.1) is 0 Å². The predicted molar refractivity (Wildman–Crippen MR) is 88.3 cm³/mol. The Morgan fingerprint density at radius 1 is 1.25 bits per heavy atom. The van der Waals surface area contributed by atoms with E-state index in [-0.39, 0.29) is 18.9 Å². The van der Waals surface area contributed by atoms with E-state index in [1.165, 1.54) is 0 Å². The topological polar surface area (TPSA) is 80.0 Å². The van der Waals surface area contributed by atoms with Crippen LogP contribution in [-0.4, -0.2) is 47.7 Å². The van der Waals surface area contributed by atoms with Crippen molar-refractivity contribution in [2.45, 2.75) is 33.3 Å². The summed E-state index contributed by atoms with van der Waals surface area (Å²) >= 11 is 0. The lowest BCUT2D eigenvalue weighted by atomic mass is 10.0. The van der Waals surface area contributed by atoms with Crippen LogP contribution in [-0.2, 0) is 9.53 Å². The molecule has 1 N–H and O–H groups in total. The molecule has 0 radical (unpaired) electrons. The first kappa shape index (κ1) is 16.5. The number of hydrogen-bond donors (Lipinski definition) is 1. The van der Waals surface area contributed by atoms with E-state index in [0.717, 1.165) is 27.7 Å². The fourth-order valence-corrected chi connectivity index (χ4v) is 3.24. The highest BCUT2D eigenvalue weighted by Gasteiger charge is 2.30. The molecule has 1 saturated heterocycles. The number of aliphatic carboxylic acids is 1. The van der Waals surface area contributed by atoms with Crippen molar-refractivity contribution in [2.24, 2.45) is 0 Å². The molecular weight excluding hydrogens is 310 g/mol. The molecule has 1 unspecified atom stereocenters. The molecule has 0 saturated carbocycles. The molecule has 3 rings (SSSR count). The molecule has 0 bridgehead atoms. The molecular formula is C18H21NO5. The third-order valence-electron chi connectivity index (χ3n) is 4.51. The summed E-state index contributed by atoms with van der Waals surface area (Å²) in [6.07, 6.45) is -0.588. The van der Waals surface area contributed by atoms with Crippen LogP contribution in [0.2, 0.25) is 0 Å². The van der Waals surface area contributed by atoms with Crippen molar-refractivity contribution < 1.29 is 23.8 Å². The van der Waals surface area contributed by atoms with Crippen LogP contribution in [0, 0.1) is 20.8 Å². The maximum absolute atomic E-state index is 12.9. The Kier molecular flexibility index (Phi) is 4.32. The number of carboxylic acids is 1. The van der Waals surface area contributed by atoms with Crippen LogP contribution < -0.4 is 0 Å². The average Bonchev–Trinajstić information content (AvgIpc) is 2.89. The number of furan rings is 1. The van der Waals surface area contributed by atoms with Crippen molar-refractivity contribution in [1.29, 1.82) is 0 Å². The highest BCUT2D eigenvalue weighted by atomic mass is 16.5. The number of carboxylic acid groups (broad SMARTS) is 1. The minimum Gasteiger partial charge on any atom is -0.481 e. The Labute approximate surface area is 140 Å². The third-order valence-corrected chi connectivity index (χ3v) is 4.51. The lowest BCUT2D eigenvalue weighted by molar-refractivity contribution is -0.141. The lowest BCUT2D eigenvalue weighted by Gasteiger charge is -2.31. The van der Waals surface area contributed by atoms with E-state index in [1.807, 2.05) is 32.9 Å². The van der Waals surface area contributed by atoms with Gasteiger partial charge in [-0.3, -0.25) is 9.59 Å². The number of carbonyl (C=O) groups is 2. The molecule has 1 atom stereocenters. The fraction of sp³-hybridized carbons (Fsp3) is 0.444. The van der Waals surface area contributed by atoms with Crippen LogP contribution in [0.4, 0.5) is 0 Å². The van der Waals surface area contributed by atoms with Gasteiger partial charge in [0.05, 0.1) is 19.1 Å². The molecule has 1 aliphatic heterocycles. The quantitative estimate of drug-likeness (QED) is 0.935. The molecule has 1 aliphatic rings. The average molecular weight is 331 g/mol. The monoisotopic (exact) mass is 331 g/mol. The van der Waals surface area contributed by atoms with Gasteiger partial charge in [-0.1, -0.05) is 12.1 Å². The number of benzene rings is 1. The van der Waals surface area contributed by atoms with Crippen LogP contribution in [0.1, 0.15) is 33.7 Å². The number of morpholine rings is 1. The van der Waals surface area contributed by atoms with E-state index in [0.29, 0.717) is 18.9 Å². The second-order valence-electron chi connectivity index (χ2n) is 6.30. The van der Waals surface area contributed by atoms with Gasteiger partial charge >= 0.3 is 5.97 Å². The van der Waals surface area contributed by atoms with Gasteiger partial charge in [0.25, 0.3) is 5.91 Å². The normalized spacial score (nSPS) is 18.1.